The minimum atomic E-state index is -0.537. The summed E-state index contributed by atoms with van der Waals surface area (Å²) in [7, 11) is 3.58. The number of rotatable bonds is 3. The van der Waals surface area contributed by atoms with Gasteiger partial charge in [-0.3, -0.25) is 14.5 Å². The second-order valence-corrected chi connectivity index (χ2v) is 5.30. The van der Waals surface area contributed by atoms with Gasteiger partial charge in [0.25, 0.3) is 11.8 Å². The first-order chi connectivity index (χ1) is 10.5. The van der Waals surface area contributed by atoms with Crippen LogP contribution in [0.3, 0.4) is 0 Å². The van der Waals surface area contributed by atoms with Crippen LogP contribution in [0.25, 0.3) is 0 Å². The Kier molecular flexibility index (Phi) is 4.42. The predicted molar refractivity (Wildman–Crippen MR) is 82.1 cm³/mol. The van der Waals surface area contributed by atoms with Crippen molar-refractivity contribution in [3.63, 3.8) is 0 Å². The summed E-state index contributed by atoms with van der Waals surface area (Å²) in [5, 5.41) is 9.25. The van der Waals surface area contributed by atoms with Crippen molar-refractivity contribution in [3.8, 4) is 6.07 Å². The summed E-state index contributed by atoms with van der Waals surface area (Å²) in [5.41, 5.74) is 1.65. The zero-order valence-electron chi connectivity index (χ0n) is 12.8. The molecule has 0 saturated heterocycles. The second kappa shape index (κ2) is 6.27. The first kappa shape index (κ1) is 15.5. The molecule has 0 aliphatic carbocycles. The molecule has 1 aromatic rings. The van der Waals surface area contributed by atoms with Gasteiger partial charge in [-0.15, -0.1) is 0 Å². The van der Waals surface area contributed by atoms with E-state index < -0.39 is 5.91 Å². The molecule has 0 radical (unpaired) electrons. The minimum Gasteiger partial charge on any atom is -0.383 e. The highest BCUT2D eigenvalue weighted by atomic mass is 16.2. The quantitative estimate of drug-likeness (QED) is 0.630. The van der Waals surface area contributed by atoms with Gasteiger partial charge < -0.3 is 4.90 Å². The van der Waals surface area contributed by atoms with Gasteiger partial charge in [0.2, 0.25) is 0 Å². The van der Waals surface area contributed by atoms with Crippen LogP contribution in [0.1, 0.15) is 12.5 Å². The molecule has 0 unspecified atom stereocenters. The molecule has 0 aromatic heterocycles. The van der Waals surface area contributed by atoms with E-state index in [1.807, 2.05) is 36.4 Å². The average molecular weight is 295 g/mol. The fraction of sp³-hybridized carbons (Fsp3) is 0.235. The Labute approximate surface area is 129 Å². The molecular weight excluding hydrogens is 278 g/mol. The number of nitriles is 1. The highest BCUT2D eigenvalue weighted by molar-refractivity contribution is 6.17. The van der Waals surface area contributed by atoms with Crippen LogP contribution in [-0.2, 0) is 16.1 Å². The van der Waals surface area contributed by atoms with Crippen molar-refractivity contribution in [1.29, 1.82) is 5.26 Å². The van der Waals surface area contributed by atoms with Crippen molar-refractivity contribution in [1.82, 2.24) is 9.80 Å². The van der Waals surface area contributed by atoms with Gasteiger partial charge in [0.15, 0.2) is 0 Å². The summed E-state index contributed by atoms with van der Waals surface area (Å²) in [6.07, 6.45) is 1.64. The summed E-state index contributed by atoms with van der Waals surface area (Å²) < 4.78 is 0. The largest absolute Gasteiger partial charge is 0.383 e. The molecule has 0 atom stereocenters. The maximum atomic E-state index is 12.6. The topological polar surface area (TPSA) is 64.4 Å². The molecule has 5 nitrogen and oxygen atoms in total. The molecule has 5 heteroatoms. The monoisotopic (exact) mass is 295 g/mol. The van der Waals surface area contributed by atoms with Crippen molar-refractivity contribution in [2.75, 3.05) is 14.1 Å². The number of amides is 2. The van der Waals surface area contributed by atoms with Crippen LogP contribution < -0.4 is 0 Å². The van der Waals surface area contributed by atoms with Crippen LogP contribution in [0.5, 0.6) is 0 Å². The Balaban J connectivity index is 2.46. The highest BCUT2D eigenvalue weighted by Gasteiger charge is 2.35. The van der Waals surface area contributed by atoms with Crippen LogP contribution in [0.15, 0.2) is 53.3 Å². The van der Waals surface area contributed by atoms with Crippen LogP contribution in [0.4, 0.5) is 0 Å². The van der Waals surface area contributed by atoms with Gasteiger partial charge in [0.05, 0.1) is 12.1 Å². The van der Waals surface area contributed by atoms with Crippen LogP contribution in [0.2, 0.25) is 0 Å². The molecule has 2 rings (SSSR count). The van der Waals surface area contributed by atoms with E-state index >= 15 is 0 Å². The zero-order valence-corrected chi connectivity index (χ0v) is 12.8. The van der Waals surface area contributed by atoms with Gasteiger partial charge >= 0.3 is 0 Å². The summed E-state index contributed by atoms with van der Waals surface area (Å²) in [5.74, 6) is -0.913. The third-order valence-corrected chi connectivity index (χ3v) is 3.40. The first-order valence-corrected chi connectivity index (χ1v) is 6.85. The predicted octanol–water partition coefficient (Wildman–Crippen LogP) is 1.84. The Hall–Kier alpha value is -2.87. The van der Waals surface area contributed by atoms with Crippen molar-refractivity contribution < 1.29 is 9.59 Å². The lowest BCUT2D eigenvalue weighted by molar-refractivity contribution is -0.141. The smallest absolute Gasteiger partial charge is 0.271 e. The molecular formula is C17H17N3O2. The van der Waals surface area contributed by atoms with Gasteiger partial charge in [0, 0.05) is 20.3 Å². The molecule has 0 N–H and O–H groups in total. The Morgan fingerprint density at radius 1 is 1.18 bits per heavy atom. The zero-order chi connectivity index (χ0) is 16.3. The maximum absolute atomic E-state index is 12.6. The van der Waals surface area contributed by atoms with E-state index in [9.17, 15) is 14.9 Å². The van der Waals surface area contributed by atoms with Gasteiger partial charge in [0.1, 0.15) is 11.6 Å². The Morgan fingerprint density at radius 2 is 1.82 bits per heavy atom. The maximum Gasteiger partial charge on any atom is 0.271 e. The number of carbonyl (C=O) groups is 2. The molecule has 1 aliphatic rings. The lowest BCUT2D eigenvalue weighted by atomic mass is 9.95. The molecule has 112 valence electrons. The van der Waals surface area contributed by atoms with Crippen molar-refractivity contribution in [2.45, 2.75) is 13.5 Å². The number of hydrogen-bond acceptors (Lipinski definition) is 4. The third-order valence-electron chi connectivity index (χ3n) is 3.40. The van der Waals surface area contributed by atoms with Gasteiger partial charge in [-0.05, 0) is 18.1 Å². The Bertz CT molecular complexity index is 709. The van der Waals surface area contributed by atoms with E-state index in [0.29, 0.717) is 11.1 Å². The molecule has 1 aromatic carbocycles. The highest BCUT2D eigenvalue weighted by Crippen LogP contribution is 2.26. The molecule has 1 heterocycles. The fourth-order valence-electron chi connectivity index (χ4n) is 2.28. The van der Waals surface area contributed by atoms with Crippen LogP contribution >= 0.6 is 0 Å². The van der Waals surface area contributed by atoms with Crippen molar-refractivity contribution in [3.05, 3.63) is 58.8 Å². The van der Waals surface area contributed by atoms with E-state index in [-0.39, 0.29) is 18.0 Å². The van der Waals surface area contributed by atoms with Crippen LogP contribution in [-0.4, -0.2) is 35.7 Å². The fourth-order valence-corrected chi connectivity index (χ4v) is 2.28. The molecule has 1 aliphatic heterocycles. The molecule has 0 spiro atoms. The summed E-state index contributed by atoms with van der Waals surface area (Å²) >= 11 is 0. The number of nitrogens with zero attached hydrogens (tertiary/aromatic N) is 3. The molecule has 0 saturated carbocycles. The van der Waals surface area contributed by atoms with Gasteiger partial charge in [-0.1, -0.05) is 30.3 Å². The summed E-state index contributed by atoms with van der Waals surface area (Å²) in [6, 6.07) is 11.2. The van der Waals surface area contributed by atoms with Gasteiger partial charge in [-0.25, -0.2) is 0 Å². The average Bonchev–Trinajstić information content (AvgIpc) is 2.49. The van der Waals surface area contributed by atoms with E-state index in [2.05, 4.69) is 0 Å². The van der Waals surface area contributed by atoms with Gasteiger partial charge in [-0.2, -0.15) is 5.26 Å². The van der Waals surface area contributed by atoms with Crippen molar-refractivity contribution in [2.24, 2.45) is 0 Å². The number of hydrogen-bond donors (Lipinski definition) is 0. The number of carbonyl (C=O) groups excluding carboxylic acids is 2. The van der Waals surface area contributed by atoms with E-state index in [0.717, 1.165) is 10.5 Å². The first-order valence-electron chi connectivity index (χ1n) is 6.85. The summed E-state index contributed by atoms with van der Waals surface area (Å²) in [6.45, 7) is 1.78. The molecule has 0 fully saturated rings. The Morgan fingerprint density at radius 3 is 2.36 bits per heavy atom. The lowest BCUT2D eigenvalue weighted by Crippen LogP contribution is -2.42. The lowest BCUT2D eigenvalue weighted by Gasteiger charge is -2.28. The second-order valence-electron chi connectivity index (χ2n) is 5.30. The number of imide groups is 1. The van der Waals surface area contributed by atoms with Crippen molar-refractivity contribution >= 4 is 11.8 Å². The molecule has 2 amide bonds. The summed E-state index contributed by atoms with van der Waals surface area (Å²) in [4.78, 5) is 27.9. The van der Waals surface area contributed by atoms with E-state index in [1.54, 1.807) is 32.1 Å². The van der Waals surface area contributed by atoms with E-state index in [1.165, 1.54) is 0 Å². The molecule has 22 heavy (non-hydrogen) atoms. The standard InChI is InChI=1S/C17H17N3O2/c1-12-14(9-18)16(21)20(10-13-7-5-4-6-8-13)17(22)15(12)11-19(2)3/h4-8,11H,10H2,1-3H3/b15-11-. The number of benzene rings is 1. The van der Waals surface area contributed by atoms with Crippen LogP contribution in [0, 0.1) is 11.3 Å². The molecule has 0 bridgehead atoms. The SMILES string of the molecule is CC1=C(C#N)C(=O)N(Cc2ccccc2)C(=O)/C1=C\N(C)C. The van der Waals surface area contributed by atoms with E-state index in [4.69, 9.17) is 0 Å². The normalized spacial score (nSPS) is 17.0. The third kappa shape index (κ3) is 2.91. The minimum absolute atomic E-state index is 0.0173.